The molecule has 0 fully saturated rings. The summed E-state index contributed by atoms with van der Waals surface area (Å²) < 4.78 is 15.9. The summed E-state index contributed by atoms with van der Waals surface area (Å²) in [6.45, 7) is 4.09. The summed E-state index contributed by atoms with van der Waals surface area (Å²) in [5.41, 5.74) is 3.44. The van der Waals surface area contributed by atoms with E-state index in [0.717, 1.165) is 5.56 Å². The van der Waals surface area contributed by atoms with Gasteiger partial charge in [0.25, 0.3) is 5.91 Å². The fraction of sp³-hybridized carbons (Fsp3) is 0.167. The maximum atomic E-state index is 13.6. The van der Waals surface area contributed by atoms with Crippen LogP contribution in [0.2, 0.25) is 0 Å². The number of nitrogens with zero attached hydrogens (tertiary/aromatic N) is 1. The number of esters is 2. The highest BCUT2D eigenvalue weighted by atomic mass is 16.5. The first-order valence-electron chi connectivity index (χ1n) is 11.8. The topological polar surface area (TPSA) is 82.1 Å². The molecule has 1 aliphatic rings. The molecule has 37 heavy (non-hydrogen) atoms. The number of benzene rings is 3. The molecule has 1 heterocycles. The van der Waals surface area contributed by atoms with E-state index in [1.165, 1.54) is 12.0 Å². The number of hydrogen-bond acceptors (Lipinski definition) is 6. The summed E-state index contributed by atoms with van der Waals surface area (Å²) in [5, 5.41) is 0. The van der Waals surface area contributed by atoms with Crippen LogP contribution in [-0.2, 0) is 25.7 Å². The maximum Gasteiger partial charge on any atom is 0.340 e. The number of carbonyl (C=O) groups excluding carboxylic acids is 3. The molecule has 7 heteroatoms. The molecule has 1 aliphatic heterocycles. The summed E-state index contributed by atoms with van der Waals surface area (Å²) in [6, 6.07) is 23.6. The summed E-state index contributed by atoms with van der Waals surface area (Å²) >= 11 is 0. The first-order chi connectivity index (χ1) is 17.9. The molecule has 0 radical (unpaired) electrons. The van der Waals surface area contributed by atoms with Crippen LogP contribution in [0.3, 0.4) is 0 Å². The van der Waals surface area contributed by atoms with Crippen molar-refractivity contribution in [3.05, 3.63) is 112 Å². The molecule has 188 valence electrons. The van der Waals surface area contributed by atoms with Gasteiger partial charge in [0.1, 0.15) is 12.4 Å². The van der Waals surface area contributed by atoms with Crippen molar-refractivity contribution in [3.63, 3.8) is 0 Å². The van der Waals surface area contributed by atoms with E-state index in [-0.39, 0.29) is 23.7 Å². The predicted molar refractivity (Wildman–Crippen MR) is 140 cm³/mol. The van der Waals surface area contributed by atoms with Crippen LogP contribution in [0.4, 0.5) is 5.69 Å². The molecule has 7 nitrogen and oxygen atoms in total. The van der Waals surface area contributed by atoms with E-state index in [1.54, 1.807) is 44.2 Å². The van der Waals surface area contributed by atoms with Gasteiger partial charge in [-0.3, -0.25) is 9.69 Å². The van der Waals surface area contributed by atoms with E-state index in [1.807, 2.05) is 54.6 Å². The lowest BCUT2D eigenvalue weighted by Gasteiger charge is -2.18. The van der Waals surface area contributed by atoms with Crippen LogP contribution in [0.5, 0.6) is 5.75 Å². The van der Waals surface area contributed by atoms with Gasteiger partial charge in [0.15, 0.2) is 0 Å². The molecule has 0 N–H and O–H groups in total. The van der Waals surface area contributed by atoms with Crippen LogP contribution < -0.4 is 9.64 Å². The Labute approximate surface area is 215 Å². The van der Waals surface area contributed by atoms with Crippen molar-refractivity contribution in [1.29, 1.82) is 0 Å². The first-order valence-corrected chi connectivity index (χ1v) is 11.8. The Balaban J connectivity index is 1.64. The highest BCUT2D eigenvalue weighted by molar-refractivity contribution is 6.23. The van der Waals surface area contributed by atoms with Crippen LogP contribution in [0, 0.1) is 0 Å². The second kappa shape index (κ2) is 11.4. The lowest BCUT2D eigenvalue weighted by Crippen LogP contribution is -2.24. The molecule has 3 aromatic rings. The summed E-state index contributed by atoms with van der Waals surface area (Å²) in [6.07, 6.45) is 1.65. The highest BCUT2D eigenvalue weighted by Crippen LogP contribution is 2.36. The first kappa shape index (κ1) is 25.4. The van der Waals surface area contributed by atoms with Gasteiger partial charge in [0.05, 0.1) is 30.4 Å². The molecule has 0 bridgehead atoms. The minimum atomic E-state index is -0.612. The number of carbonyl (C=O) groups is 3. The molecule has 0 aliphatic carbocycles. The summed E-state index contributed by atoms with van der Waals surface area (Å²) in [7, 11) is 1.28. The second-order valence-electron chi connectivity index (χ2n) is 8.26. The molecule has 0 atom stereocenters. The third kappa shape index (κ3) is 5.62. The number of ether oxygens (including phenoxy) is 3. The monoisotopic (exact) mass is 497 g/mol. The Bertz CT molecular complexity index is 1370. The average Bonchev–Trinajstić information content (AvgIpc) is 3.16. The molecule has 0 saturated carbocycles. The van der Waals surface area contributed by atoms with Gasteiger partial charge in [0.2, 0.25) is 0 Å². The quantitative estimate of drug-likeness (QED) is 0.310. The number of amides is 1. The smallest absolute Gasteiger partial charge is 0.340 e. The van der Waals surface area contributed by atoms with Gasteiger partial charge in [-0.1, -0.05) is 42.5 Å². The molecule has 4 rings (SSSR count). The number of allylic oxidation sites excluding steroid dienone is 1. The SMILES string of the molecule is CCOC(=O)c1ccc(N2C(=O)/C(=C\c3cccc(OCc4ccccc4)c3)C(C(=O)OC)=C2C)cc1. The van der Waals surface area contributed by atoms with E-state index >= 15 is 0 Å². The fourth-order valence-electron chi connectivity index (χ4n) is 4.05. The van der Waals surface area contributed by atoms with Crippen molar-refractivity contribution in [2.24, 2.45) is 0 Å². The van der Waals surface area contributed by atoms with E-state index in [4.69, 9.17) is 14.2 Å². The van der Waals surface area contributed by atoms with Crippen molar-refractivity contribution in [2.75, 3.05) is 18.6 Å². The Hall–Kier alpha value is -4.65. The molecule has 0 saturated heterocycles. The number of hydrogen-bond donors (Lipinski definition) is 0. The van der Waals surface area contributed by atoms with Gasteiger partial charge < -0.3 is 14.2 Å². The van der Waals surface area contributed by atoms with Gasteiger partial charge in [-0.05, 0) is 67.4 Å². The summed E-state index contributed by atoms with van der Waals surface area (Å²) in [5.74, 6) is -0.800. The van der Waals surface area contributed by atoms with Crippen LogP contribution in [0.15, 0.2) is 95.7 Å². The Morgan fingerprint density at radius 2 is 1.65 bits per heavy atom. The minimum absolute atomic E-state index is 0.178. The standard InChI is InChI=1S/C30H27NO6/c1-4-36-29(33)23-13-15-24(16-14-23)31-20(2)27(30(34)35-3)26(28(31)32)18-22-11-8-12-25(17-22)37-19-21-9-6-5-7-10-21/h5-18H,4,19H2,1-3H3/b26-18-. The van der Waals surface area contributed by atoms with Crippen molar-refractivity contribution in [2.45, 2.75) is 20.5 Å². The van der Waals surface area contributed by atoms with E-state index in [2.05, 4.69) is 0 Å². The van der Waals surface area contributed by atoms with Crippen LogP contribution in [-0.4, -0.2) is 31.6 Å². The zero-order valence-corrected chi connectivity index (χ0v) is 20.9. The zero-order valence-electron chi connectivity index (χ0n) is 20.9. The maximum absolute atomic E-state index is 13.6. The molecule has 1 amide bonds. The zero-order chi connectivity index (χ0) is 26.4. The van der Waals surface area contributed by atoms with Crippen molar-refractivity contribution in [3.8, 4) is 5.75 Å². The van der Waals surface area contributed by atoms with Gasteiger partial charge in [-0.2, -0.15) is 0 Å². The molecule has 0 unspecified atom stereocenters. The Morgan fingerprint density at radius 1 is 0.919 bits per heavy atom. The molecule has 0 spiro atoms. The van der Waals surface area contributed by atoms with Crippen LogP contribution in [0.25, 0.3) is 6.08 Å². The number of anilines is 1. The Morgan fingerprint density at radius 3 is 2.32 bits per heavy atom. The van der Waals surface area contributed by atoms with E-state index in [9.17, 15) is 14.4 Å². The minimum Gasteiger partial charge on any atom is -0.489 e. The van der Waals surface area contributed by atoms with Crippen LogP contribution in [0.1, 0.15) is 35.3 Å². The number of methoxy groups -OCH3 is 1. The summed E-state index contributed by atoms with van der Waals surface area (Å²) in [4.78, 5) is 39.7. The lowest BCUT2D eigenvalue weighted by atomic mass is 10.0. The molecular formula is C30H27NO6. The molecule has 3 aromatic carbocycles. The van der Waals surface area contributed by atoms with Crippen molar-refractivity contribution in [1.82, 2.24) is 0 Å². The normalized spacial score (nSPS) is 14.2. The van der Waals surface area contributed by atoms with Crippen LogP contribution >= 0.6 is 0 Å². The predicted octanol–water partition coefficient (Wildman–Crippen LogP) is 5.32. The largest absolute Gasteiger partial charge is 0.489 e. The van der Waals surface area contributed by atoms with Gasteiger partial charge >= 0.3 is 11.9 Å². The van der Waals surface area contributed by atoms with Gasteiger partial charge in [-0.15, -0.1) is 0 Å². The average molecular weight is 498 g/mol. The van der Waals surface area contributed by atoms with E-state index in [0.29, 0.717) is 34.9 Å². The van der Waals surface area contributed by atoms with E-state index < -0.39 is 11.9 Å². The molecule has 0 aromatic heterocycles. The Kier molecular flexibility index (Phi) is 7.83. The van der Waals surface area contributed by atoms with Gasteiger partial charge in [0, 0.05) is 11.4 Å². The molecular weight excluding hydrogens is 470 g/mol. The van der Waals surface area contributed by atoms with Gasteiger partial charge in [-0.25, -0.2) is 9.59 Å². The third-order valence-electron chi connectivity index (χ3n) is 5.84. The van der Waals surface area contributed by atoms with Crippen molar-refractivity contribution < 1.29 is 28.6 Å². The lowest BCUT2D eigenvalue weighted by molar-refractivity contribution is -0.136. The fourth-order valence-corrected chi connectivity index (χ4v) is 4.05. The highest BCUT2D eigenvalue weighted by Gasteiger charge is 2.38. The van der Waals surface area contributed by atoms with Crippen molar-refractivity contribution >= 4 is 29.6 Å². The number of rotatable bonds is 8. The second-order valence-corrected chi connectivity index (χ2v) is 8.26. The third-order valence-corrected chi connectivity index (χ3v) is 5.84.